The highest BCUT2D eigenvalue weighted by Crippen LogP contribution is 2.04. The lowest BCUT2D eigenvalue weighted by Gasteiger charge is -2.08. The van der Waals surface area contributed by atoms with Crippen LogP contribution in [0.4, 0.5) is 0 Å². The second-order valence-electron chi connectivity index (χ2n) is 3.67. The molecule has 0 fully saturated rings. The first kappa shape index (κ1) is 13.2. The molecule has 0 aliphatic carbocycles. The minimum atomic E-state index is -1.07. The third-order valence-electron chi connectivity index (χ3n) is 2.08. The average Bonchev–Trinajstić information content (AvgIpc) is 2.26. The Labute approximate surface area is 99.2 Å². The minimum absolute atomic E-state index is 0.156. The maximum atomic E-state index is 11.3. The van der Waals surface area contributed by atoms with Crippen LogP contribution in [0.5, 0.6) is 0 Å². The van der Waals surface area contributed by atoms with Gasteiger partial charge in [0.2, 0.25) is 5.91 Å². The summed E-state index contributed by atoms with van der Waals surface area (Å²) in [6.45, 7) is 0.156. The Morgan fingerprint density at radius 2 is 1.88 bits per heavy atom. The van der Waals surface area contributed by atoms with Crippen LogP contribution < -0.4 is 5.73 Å². The molecule has 1 aromatic carbocycles. The first-order valence-corrected chi connectivity index (χ1v) is 5.24. The number of esters is 1. The molecule has 17 heavy (non-hydrogen) atoms. The van der Waals surface area contributed by atoms with Crippen LogP contribution in [-0.2, 0) is 20.9 Å². The molecular weight excluding hydrogens is 222 g/mol. The van der Waals surface area contributed by atoms with Crippen molar-refractivity contribution in [1.82, 2.24) is 0 Å². The van der Waals surface area contributed by atoms with Gasteiger partial charge in [0.1, 0.15) is 6.61 Å². The maximum Gasteiger partial charge on any atom is 0.308 e. The number of carbonyl (C=O) groups excluding carboxylic acids is 2. The molecule has 1 aromatic rings. The number of carbonyl (C=O) groups is 2. The highest BCUT2D eigenvalue weighted by Gasteiger charge is 2.14. The average molecular weight is 237 g/mol. The van der Waals surface area contributed by atoms with E-state index in [1.807, 2.05) is 30.3 Å². The number of amides is 1. The second-order valence-corrected chi connectivity index (χ2v) is 3.67. The lowest BCUT2D eigenvalue weighted by Crippen LogP contribution is -2.23. The molecule has 0 radical (unpaired) electrons. The lowest BCUT2D eigenvalue weighted by atomic mass is 10.2. The van der Waals surface area contributed by atoms with Crippen molar-refractivity contribution >= 4 is 11.9 Å². The van der Waals surface area contributed by atoms with E-state index in [4.69, 9.17) is 10.5 Å². The highest BCUT2D eigenvalue weighted by atomic mass is 16.5. The van der Waals surface area contributed by atoms with E-state index in [9.17, 15) is 14.7 Å². The van der Waals surface area contributed by atoms with Crippen LogP contribution in [-0.4, -0.2) is 23.1 Å². The van der Waals surface area contributed by atoms with Crippen LogP contribution in [0.3, 0.4) is 0 Å². The van der Waals surface area contributed by atoms with E-state index in [0.29, 0.717) is 0 Å². The third kappa shape index (κ3) is 5.67. The number of ether oxygens (including phenoxy) is 1. The van der Waals surface area contributed by atoms with E-state index in [1.54, 1.807) is 0 Å². The van der Waals surface area contributed by atoms with Crippen LogP contribution >= 0.6 is 0 Å². The van der Waals surface area contributed by atoms with Gasteiger partial charge in [0.25, 0.3) is 0 Å². The predicted molar refractivity (Wildman–Crippen MR) is 60.7 cm³/mol. The SMILES string of the molecule is NC(=O)CC(O)CC(=O)OCc1ccccc1. The molecule has 5 nitrogen and oxygen atoms in total. The third-order valence-corrected chi connectivity index (χ3v) is 2.08. The van der Waals surface area contributed by atoms with E-state index in [1.165, 1.54) is 0 Å². The van der Waals surface area contributed by atoms with Crippen molar-refractivity contribution < 1.29 is 19.4 Å². The van der Waals surface area contributed by atoms with Crippen LogP contribution in [0.15, 0.2) is 30.3 Å². The first-order chi connectivity index (χ1) is 8.08. The molecule has 5 heteroatoms. The van der Waals surface area contributed by atoms with Crippen LogP contribution in [0, 0.1) is 0 Å². The van der Waals surface area contributed by atoms with Gasteiger partial charge in [-0.05, 0) is 5.56 Å². The fourth-order valence-electron chi connectivity index (χ4n) is 1.29. The van der Waals surface area contributed by atoms with Crippen molar-refractivity contribution in [1.29, 1.82) is 0 Å². The van der Waals surface area contributed by atoms with Gasteiger partial charge >= 0.3 is 5.97 Å². The van der Waals surface area contributed by atoms with Crippen molar-refractivity contribution in [3.8, 4) is 0 Å². The van der Waals surface area contributed by atoms with E-state index in [-0.39, 0.29) is 19.4 Å². The Bertz CT molecular complexity index is 377. The molecule has 1 amide bonds. The molecule has 1 atom stereocenters. The van der Waals surface area contributed by atoms with Crippen molar-refractivity contribution in [2.75, 3.05) is 0 Å². The first-order valence-electron chi connectivity index (χ1n) is 5.24. The lowest BCUT2D eigenvalue weighted by molar-refractivity contribution is -0.147. The molecule has 0 aliphatic rings. The molecule has 0 aromatic heterocycles. The fourth-order valence-corrected chi connectivity index (χ4v) is 1.29. The number of hydrogen-bond donors (Lipinski definition) is 2. The quantitative estimate of drug-likeness (QED) is 0.699. The number of aliphatic hydroxyl groups is 1. The van der Waals surface area contributed by atoms with Gasteiger partial charge in [-0.3, -0.25) is 9.59 Å². The van der Waals surface area contributed by atoms with Gasteiger partial charge in [-0.15, -0.1) is 0 Å². The maximum absolute atomic E-state index is 11.3. The molecule has 1 rings (SSSR count). The smallest absolute Gasteiger partial charge is 0.308 e. The van der Waals surface area contributed by atoms with Gasteiger partial charge in [-0.25, -0.2) is 0 Å². The summed E-state index contributed by atoms with van der Waals surface area (Å²) in [6.07, 6.45) is -1.54. The molecule has 0 spiro atoms. The van der Waals surface area contributed by atoms with Gasteiger partial charge in [-0.1, -0.05) is 30.3 Å². The molecule has 0 bridgehead atoms. The summed E-state index contributed by atoms with van der Waals surface area (Å²) in [4.78, 5) is 21.8. The Morgan fingerprint density at radius 1 is 1.24 bits per heavy atom. The Morgan fingerprint density at radius 3 is 2.47 bits per heavy atom. The number of nitrogens with two attached hydrogens (primary N) is 1. The summed E-state index contributed by atoms with van der Waals surface area (Å²) in [6, 6.07) is 9.19. The zero-order valence-corrected chi connectivity index (χ0v) is 9.33. The topological polar surface area (TPSA) is 89.6 Å². The molecular formula is C12H15NO4. The summed E-state index contributed by atoms with van der Waals surface area (Å²) in [5.74, 6) is -1.20. The molecule has 0 heterocycles. The summed E-state index contributed by atoms with van der Waals surface area (Å²) in [5.41, 5.74) is 5.75. The number of hydrogen-bond acceptors (Lipinski definition) is 4. The summed E-state index contributed by atoms with van der Waals surface area (Å²) < 4.78 is 4.93. The normalized spacial score (nSPS) is 11.8. The fraction of sp³-hybridized carbons (Fsp3) is 0.333. The molecule has 1 unspecified atom stereocenters. The van der Waals surface area contributed by atoms with Crippen LogP contribution in [0.25, 0.3) is 0 Å². The monoisotopic (exact) mass is 237 g/mol. The zero-order chi connectivity index (χ0) is 12.7. The van der Waals surface area contributed by atoms with Gasteiger partial charge in [0.05, 0.1) is 18.9 Å². The highest BCUT2D eigenvalue weighted by molar-refractivity contribution is 5.76. The van der Waals surface area contributed by atoms with E-state index in [2.05, 4.69) is 0 Å². The summed E-state index contributed by atoms with van der Waals surface area (Å²) in [7, 11) is 0. The zero-order valence-electron chi connectivity index (χ0n) is 9.33. The van der Waals surface area contributed by atoms with Crippen LogP contribution in [0.2, 0.25) is 0 Å². The number of benzene rings is 1. The molecule has 3 N–H and O–H groups in total. The summed E-state index contributed by atoms with van der Waals surface area (Å²) in [5, 5.41) is 9.29. The molecule has 0 aliphatic heterocycles. The van der Waals surface area contributed by atoms with Crippen molar-refractivity contribution in [2.45, 2.75) is 25.6 Å². The number of rotatable bonds is 6. The second kappa shape index (κ2) is 6.65. The van der Waals surface area contributed by atoms with Gasteiger partial charge in [0.15, 0.2) is 0 Å². The number of aliphatic hydroxyl groups excluding tert-OH is 1. The van der Waals surface area contributed by atoms with Crippen LogP contribution in [0.1, 0.15) is 18.4 Å². The van der Waals surface area contributed by atoms with E-state index >= 15 is 0 Å². The van der Waals surface area contributed by atoms with Crippen molar-refractivity contribution in [3.05, 3.63) is 35.9 Å². The van der Waals surface area contributed by atoms with Gasteiger partial charge in [-0.2, -0.15) is 0 Å². The van der Waals surface area contributed by atoms with Crippen molar-refractivity contribution in [3.63, 3.8) is 0 Å². The van der Waals surface area contributed by atoms with Gasteiger partial charge in [0, 0.05) is 0 Å². The predicted octanol–water partition coefficient (Wildman–Crippen LogP) is 0.356. The largest absolute Gasteiger partial charge is 0.461 e. The standard InChI is InChI=1S/C12H15NO4/c13-11(15)6-10(14)7-12(16)17-8-9-4-2-1-3-5-9/h1-5,10,14H,6-8H2,(H2,13,15). The molecule has 92 valence electrons. The summed E-state index contributed by atoms with van der Waals surface area (Å²) >= 11 is 0. The Hall–Kier alpha value is -1.88. The number of primary amides is 1. The Balaban J connectivity index is 2.28. The van der Waals surface area contributed by atoms with Gasteiger partial charge < -0.3 is 15.6 Å². The van der Waals surface area contributed by atoms with E-state index in [0.717, 1.165) is 5.56 Å². The molecule has 0 saturated heterocycles. The minimum Gasteiger partial charge on any atom is -0.461 e. The van der Waals surface area contributed by atoms with E-state index < -0.39 is 18.0 Å². The van der Waals surface area contributed by atoms with Crippen molar-refractivity contribution in [2.24, 2.45) is 5.73 Å². The Kier molecular flexibility index (Phi) is 5.16. The molecule has 0 saturated carbocycles.